The largest absolute Gasteiger partial charge is 0.354 e. The van der Waals surface area contributed by atoms with E-state index in [-0.39, 0.29) is 11.8 Å². The highest BCUT2D eigenvalue weighted by Crippen LogP contribution is 2.34. The lowest BCUT2D eigenvalue weighted by Crippen LogP contribution is -2.34. The molecule has 8 heteroatoms. The fourth-order valence-corrected chi connectivity index (χ4v) is 6.20. The first kappa shape index (κ1) is 30.5. The van der Waals surface area contributed by atoms with Gasteiger partial charge in [-0.15, -0.1) is 0 Å². The van der Waals surface area contributed by atoms with E-state index in [9.17, 15) is 9.59 Å². The molecule has 0 aliphatic heterocycles. The number of hydrogen-bond acceptors (Lipinski definition) is 6. The average Bonchev–Trinajstić information content (AvgIpc) is 3.16. The standard InChI is InChI=1S/C42H32N6O2/c49-41(27-17-21-29(22-18-27)45-39-31-9-1-5-13-35(31)47-36-14-6-2-10-32(36)39)43-25-26-44-42(50)28-19-23-30(24-20-28)46-40-33-11-3-7-15-37(33)48-38-16-8-4-12-34(38)40/h1-24H,25-26H2,(H,43,49)(H,44,50)(H,45,47)(H,46,48). The Kier molecular flexibility index (Phi) is 8.16. The molecule has 0 saturated carbocycles. The minimum absolute atomic E-state index is 0.211. The third-order valence-corrected chi connectivity index (χ3v) is 8.70. The van der Waals surface area contributed by atoms with Gasteiger partial charge in [-0.1, -0.05) is 72.8 Å². The number of benzene rings is 6. The van der Waals surface area contributed by atoms with Crippen molar-refractivity contribution in [2.75, 3.05) is 23.7 Å². The highest BCUT2D eigenvalue weighted by Gasteiger charge is 2.12. The SMILES string of the molecule is O=C(NCCNC(=O)c1ccc(Nc2c3ccccc3nc3ccccc23)cc1)c1ccc(Nc2c3ccccc3nc3ccccc23)cc1. The number of nitrogens with one attached hydrogen (secondary N) is 4. The third-order valence-electron chi connectivity index (χ3n) is 8.70. The first-order chi connectivity index (χ1) is 24.6. The molecule has 0 saturated heterocycles. The summed E-state index contributed by atoms with van der Waals surface area (Å²) >= 11 is 0. The van der Waals surface area contributed by atoms with Crippen LogP contribution in [0.4, 0.5) is 22.7 Å². The summed E-state index contributed by atoms with van der Waals surface area (Å²) in [5.74, 6) is -0.422. The second-order valence-electron chi connectivity index (χ2n) is 12.0. The highest BCUT2D eigenvalue weighted by molar-refractivity contribution is 6.10. The summed E-state index contributed by atoms with van der Waals surface area (Å²) in [4.78, 5) is 35.3. The number of hydrogen-bond donors (Lipinski definition) is 4. The molecule has 8 rings (SSSR count). The van der Waals surface area contributed by atoms with Crippen LogP contribution in [0.2, 0.25) is 0 Å². The molecule has 0 unspecified atom stereocenters. The number of nitrogens with zero attached hydrogens (tertiary/aromatic N) is 2. The van der Waals surface area contributed by atoms with Gasteiger partial charge in [0, 0.05) is 57.1 Å². The quantitative estimate of drug-likeness (QED) is 0.0918. The van der Waals surface area contributed by atoms with Gasteiger partial charge >= 0.3 is 0 Å². The summed E-state index contributed by atoms with van der Waals surface area (Å²) in [7, 11) is 0. The molecule has 2 amide bonds. The monoisotopic (exact) mass is 652 g/mol. The van der Waals surface area contributed by atoms with E-state index in [1.54, 1.807) is 24.3 Å². The number of para-hydroxylation sites is 4. The molecule has 0 spiro atoms. The summed E-state index contributed by atoms with van der Waals surface area (Å²) in [6.45, 7) is 0.586. The van der Waals surface area contributed by atoms with Crippen LogP contribution in [0.5, 0.6) is 0 Å². The van der Waals surface area contributed by atoms with Crippen molar-refractivity contribution in [2.24, 2.45) is 0 Å². The van der Waals surface area contributed by atoms with E-state index in [1.165, 1.54) is 0 Å². The van der Waals surface area contributed by atoms with Crippen molar-refractivity contribution in [3.05, 3.63) is 157 Å². The van der Waals surface area contributed by atoms with Crippen LogP contribution in [0.25, 0.3) is 43.6 Å². The maximum atomic E-state index is 12.9. The van der Waals surface area contributed by atoms with Gasteiger partial charge in [-0.2, -0.15) is 0 Å². The molecule has 8 aromatic rings. The number of rotatable bonds is 9. The summed E-state index contributed by atoms with van der Waals surface area (Å²) in [5, 5.41) is 17.0. The lowest BCUT2D eigenvalue weighted by Gasteiger charge is -2.14. The van der Waals surface area contributed by atoms with Gasteiger partial charge in [0.15, 0.2) is 0 Å². The van der Waals surface area contributed by atoms with Crippen LogP contribution in [-0.2, 0) is 0 Å². The maximum Gasteiger partial charge on any atom is 0.251 e. The molecular formula is C42H32N6O2. The Balaban J connectivity index is 0.864. The minimum Gasteiger partial charge on any atom is -0.354 e. The van der Waals surface area contributed by atoms with Gasteiger partial charge in [0.25, 0.3) is 11.8 Å². The van der Waals surface area contributed by atoms with Crippen molar-refractivity contribution >= 4 is 78.2 Å². The predicted octanol–water partition coefficient (Wildman–Crippen LogP) is 8.74. The Hall–Kier alpha value is -6.80. The van der Waals surface area contributed by atoms with Gasteiger partial charge < -0.3 is 21.3 Å². The molecule has 0 fully saturated rings. The van der Waals surface area contributed by atoms with Gasteiger partial charge in [-0.05, 0) is 72.8 Å². The Morgan fingerprint density at radius 3 is 1.02 bits per heavy atom. The van der Waals surface area contributed by atoms with Gasteiger partial charge in [0.1, 0.15) is 0 Å². The predicted molar refractivity (Wildman–Crippen MR) is 203 cm³/mol. The number of amides is 2. The second-order valence-corrected chi connectivity index (χ2v) is 12.0. The number of carbonyl (C=O) groups excluding carboxylic acids is 2. The van der Waals surface area contributed by atoms with E-state index in [0.29, 0.717) is 24.2 Å². The zero-order valence-corrected chi connectivity index (χ0v) is 27.0. The lowest BCUT2D eigenvalue weighted by atomic mass is 10.1. The average molecular weight is 653 g/mol. The molecule has 0 aliphatic rings. The van der Waals surface area contributed by atoms with E-state index in [4.69, 9.17) is 9.97 Å². The zero-order chi connectivity index (χ0) is 33.9. The molecule has 0 bridgehead atoms. The second kappa shape index (κ2) is 13.4. The van der Waals surface area contributed by atoms with E-state index in [0.717, 1.165) is 66.4 Å². The molecule has 0 atom stereocenters. The van der Waals surface area contributed by atoms with Crippen molar-refractivity contribution in [1.82, 2.24) is 20.6 Å². The Labute approximate surface area is 288 Å². The summed E-state index contributed by atoms with van der Waals surface area (Å²) < 4.78 is 0. The van der Waals surface area contributed by atoms with Crippen LogP contribution in [0, 0.1) is 0 Å². The normalized spacial score (nSPS) is 11.1. The minimum atomic E-state index is -0.211. The zero-order valence-electron chi connectivity index (χ0n) is 27.0. The van der Waals surface area contributed by atoms with Crippen molar-refractivity contribution in [3.8, 4) is 0 Å². The summed E-state index contributed by atoms with van der Waals surface area (Å²) in [6, 6.07) is 46.9. The molecule has 2 aromatic heterocycles. The fourth-order valence-electron chi connectivity index (χ4n) is 6.20. The van der Waals surface area contributed by atoms with Gasteiger partial charge in [-0.3, -0.25) is 9.59 Å². The van der Waals surface area contributed by atoms with Crippen LogP contribution in [0.1, 0.15) is 20.7 Å². The van der Waals surface area contributed by atoms with Crippen molar-refractivity contribution in [3.63, 3.8) is 0 Å². The first-order valence-corrected chi connectivity index (χ1v) is 16.5. The molecule has 4 N–H and O–H groups in total. The van der Waals surface area contributed by atoms with Crippen LogP contribution in [0.15, 0.2) is 146 Å². The number of carbonyl (C=O) groups is 2. The van der Waals surface area contributed by atoms with Crippen LogP contribution >= 0.6 is 0 Å². The molecular weight excluding hydrogens is 621 g/mol. The van der Waals surface area contributed by atoms with Crippen molar-refractivity contribution in [1.29, 1.82) is 0 Å². The number of pyridine rings is 2. The Morgan fingerprint density at radius 2 is 0.700 bits per heavy atom. The fraction of sp³-hybridized carbons (Fsp3) is 0.0476. The van der Waals surface area contributed by atoms with Gasteiger partial charge in [0.05, 0.1) is 33.4 Å². The molecule has 0 radical (unpaired) electrons. The topological polar surface area (TPSA) is 108 Å². The van der Waals surface area contributed by atoms with E-state index in [2.05, 4.69) is 45.5 Å². The van der Waals surface area contributed by atoms with Gasteiger partial charge in [0.2, 0.25) is 0 Å². The first-order valence-electron chi connectivity index (χ1n) is 16.5. The molecule has 0 aliphatic carbocycles. The number of anilines is 4. The van der Waals surface area contributed by atoms with Crippen LogP contribution in [-0.4, -0.2) is 34.9 Å². The number of fused-ring (bicyclic) bond motifs is 4. The van der Waals surface area contributed by atoms with E-state index >= 15 is 0 Å². The number of aromatic nitrogens is 2. The highest BCUT2D eigenvalue weighted by atomic mass is 16.2. The van der Waals surface area contributed by atoms with Crippen LogP contribution < -0.4 is 21.3 Å². The Bertz CT molecular complexity index is 2240. The maximum absolute atomic E-state index is 12.9. The smallest absolute Gasteiger partial charge is 0.251 e. The van der Waals surface area contributed by atoms with Crippen LogP contribution in [0.3, 0.4) is 0 Å². The molecule has 8 nitrogen and oxygen atoms in total. The van der Waals surface area contributed by atoms with Gasteiger partial charge in [-0.25, -0.2) is 9.97 Å². The molecule has 6 aromatic carbocycles. The molecule has 242 valence electrons. The van der Waals surface area contributed by atoms with E-state index < -0.39 is 0 Å². The lowest BCUT2D eigenvalue weighted by molar-refractivity contribution is 0.0927. The van der Waals surface area contributed by atoms with Crippen molar-refractivity contribution in [2.45, 2.75) is 0 Å². The third kappa shape index (κ3) is 6.13. The summed E-state index contributed by atoms with van der Waals surface area (Å²) in [5.41, 5.74) is 8.38. The molecule has 2 heterocycles. The Morgan fingerprint density at radius 1 is 0.400 bits per heavy atom. The van der Waals surface area contributed by atoms with Crippen molar-refractivity contribution < 1.29 is 9.59 Å². The van der Waals surface area contributed by atoms with E-state index in [1.807, 2.05) is 97.1 Å². The molecule has 50 heavy (non-hydrogen) atoms. The summed E-state index contributed by atoms with van der Waals surface area (Å²) in [6.07, 6.45) is 0.